The molecule has 0 spiro atoms. The summed E-state index contributed by atoms with van der Waals surface area (Å²) in [5.41, 5.74) is 0.342. The molecule has 2 aliphatic heterocycles. The van der Waals surface area contributed by atoms with E-state index < -0.39 is 0 Å². The number of hydrogen-bond donors (Lipinski definition) is 1. The SMILES string of the molecule is CNCC1(CN2CC(C)SC(C)C2)CCCOC1. The zero-order chi connectivity index (χ0) is 13.0. The van der Waals surface area contributed by atoms with Gasteiger partial charge >= 0.3 is 0 Å². The molecule has 0 radical (unpaired) electrons. The van der Waals surface area contributed by atoms with E-state index in [4.69, 9.17) is 4.74 Å². The third-order valence-electron chi connectivity index (χ3n) is 4.01. The fourth-order valence-electron chi connectivity index (χ4n) is 3.49. The summed E-state index contributed by atoms with van der Waals surface area (Å²) >= 11 is 2.13. The summed E-state index contributed by atoms with van der Waals surface area (Å²) in [4.78, 5) is 2.66. The Bertz CT molecular complexity index is 241. The maximum Gasteiger partial charge on any atom is 0.0546 e. The summed E-state index contributed by atoms with van der Waals surface area (Å²) in [6.45, 7) is 11.3. The highest BCUT2D eigenvalue weighted by molar-refractivity contribution is 8.00. The van der Waals surface area contributed by atoms with E-state index in [1.165, 1.54) is 32.5 Å². The first-order valence-electron chi connectivity index (χ1n) is 7.24. The Morgan fingerprint density at radius 3 is 2.61 bits per heavy atom. The summed E-state index contributed by atoms with van der Waals surface area (Å²) in [7, 11) is 2.06. The van der Waals surface area contributed by atoms with Crippen molar-refractivity contribution in [3.05, 3.63) is 0 Å². The molecule has 0 aromatic heterocycles. The topological polar surface area (TPSA) is 24.5 Å². The summed E-state index contributed by atoms with van der Waals surface area (Å²) in [5, 5.41) is 4.92. The molecule has 2 fully saturated rings. The second-order valence-electron chi connectivity index (χ2n) is 6.14. The average Bonchev–Trinajstić information content (AvgIpc) is 2.28. The second kappa shape index (κ2) is 6.60. The van der Waals surface area contributed by atoms with Crippen LogP contribution in [0.3, 0.4) is 0 Å². The Hall–Kier alpha value is 0.230. The van der Waals surface area contributed by atoms with Crippen molar-refractivity contribution in [2.75, 3.05) is 46.4 Å². The Balaban J connectivity index is 1.95. The first-order valence-corrected chi connectivity index (χ1v) is 8.18. The van der Waals surface area contributed by atoms with Crippen LogP contribution in [0.5, 0.6) is 0 Å². The molecule has 0 aromatic carbocycles. The minimum Gasteiger partial charge on any atom is -0.381 e. The molecule has 0 aromatic rings. The van der Waals surface area contributed by atoms with Gasteiger partial charge in [-0.15, -0.1) is 0 Å². The standard InChI is InChI=1S/C14H28N2OS/c1-12-7-16(8-13(2)18-12)10-14(9-15-3)5-4-6-17-11-14/h12-13,15H,4-11H2,1-3H3. The van der Waals surface area contributed by atoms with Crippen molar-refractivity contribution >= 4 is 11.8 Å². The largest absolute Gasteiger partial charge is 0.381 e. The lowest BCUT2D eigenvalue weighted by atomic mass is 9.81. The smallest absolute Gasteiger partial charge is 0.0546 e. The van der Waals surface area contributed by atoms with E-state index in [1.54, 1.807) is 0 Å². The number of hydrogen-bond acceptors (Lipinski definition) is 4. The van der Waals surface area contributed by atoms with Crippen molar-refractivity contribution in [1.29, 1.82) is 0 Å². The van der Waals surface area contributed by atoms with Crippen LogP contribution in [0.15, 0.2) is 0 Å². The minimum absolute atomic E-state index is 0.342. The van der Waals surface area contributed by atoms with Gasteiger partial charge in [0, 0.05) is 48.7 Å². The molecule has 2 rings (SSSR count). The lowest BCUT2D eigenvalue weighted by molar-refractivity contribution is -0.0255. The van der Waals surface area contributed by atoms with Crippen molar-refractivity contribution in [2.45, 2.75) is 37.2 Å². The molecule has 2 heterocycles. The van der Waals surface area contributed by atoms with Gasteiger partial charge in [-0.3, -0.25) is 0 Å². The predicted octanol–water partition coefficient (Wildman–Crippen LogP) is 1.83. The maximum atomic E-state index is 5.76. The Kier molecular flexibility index (Phi) is 5.36. The van der Waals surface area contributed by atoms with Gasteiger partial charge in [0.15, 0.2) is 0 Å². The van der Waals surface area contributed by atoms with Gasteiger partial charge < -0.3 is 15.0 Å². The van der Waals surface area contributed by atoms with Crippen LogP contribution in [-0.2, 0) is 4.74 Å². The van der Waals surface area contributed by atoms with E-state index in [1.807, 2.05) is 0 Å². The molecule has 2 aliphatic rings. The monoisotopic (exact) mass is 272 g/mol. The molecule has 0 amide bonds. The van der Waals surface area contributed by atoms with E-state index >= 15 is 0 Å². The Morgan fingerprint density at radius 1 is 1.33 bits per heavy atom. The molecule has 0 saturated carbocycles. The molecule has 0 bridgehead atoms. The fraction of sp³-hybridized carbons (Fsp3) is 1.00. The highest BCUT2D eigenvalue weighted by atomic mass is 32.2. The Morgan fingerprint density at radius 2 is 2.06 bits per heavy atom. The molecule has 3 unspecified atom stereocenters. The van der Waals surface area contributed by atoms with Gasteiger partial charge in [-0.1, -0.05) is 13.8 Å². The summed E-state index contributed by atoms with van der Waals surface area (Å²) < 4.78 is 5.76. The maximum absolute atomic E-state index is 5.76. The predicted molar refractivity (Wildman–Crippen MR) is 79.4 cm³/mol. The molecule has 4 heteroatoms. The van der Waals surface area contributed by atoms with Crippen LogP contribution in [0.4, 0.5) is 0 Å². The summed E-state index contributed by atoms with van der Waals surface area (Å²) in [5.74, 6) is 0. The minimum atomic E-state index is 0.342. The van der Waals surface area contributed by atoms with E-state index in [0.717, 1.165) is 30.3 Å². The van der Waals surface area contributed by atoms with Gasteiger partial charge in [0.25, 0.3) is 0 Å². The lowest BCUT2D eigenvalue weighted by Crippen LogP contribution is -2.52. The van der Waals surface area contributed by atoms with Crippen LogP contribution in [0.1, 0.15) is 26.7 Å². The van der Waals surface area contributed by atoms with Gasteiger partial charge in [-0.25, -0.2) is 0 Å². The van der Waals surface area contributed by atoms with Gasteiger partial charge in [-0.05, 0) is 19.9 Å². The lowest BCUT2D eigenvalue weighted by Gasteiger charge is -2.44. The first kappa shape index (κ1) is 14.6. The number of nitrogens with zero attached hydrogens (tertiary/aromatic N) is 1. The van der Waals surface area contributed by atoms with E-state index in [2.05, 4.69) is 42.9 Å². The number of thioether (sulfide) groups is 1. The zero-order valence-corrected chi connectivity index (χ0v) is 12.9. The van der Waals surface area contributed by atoms with Crippen molar-refractivity contribution in [3.63, 3.8) is 0 Å². The molecule has 0 aliphatic carbocycles. The quantitative estimate of drug-likeness (QED) is 0.844. The van der Waals surface area contributed by atoms with E-state index in [9.17, 15) is 0 Å². The van der Waals surface area contributed by atoms with Gasteiger partial charge in [-0.2, -0.15) is 11.8 Å². The van der Waals surface area contributed by atoms with Crippen molar-refractivity contribution in [2.24, 2.45) is 5.41 Å². The van der Waals surface area contributed by atoms with Crippen molar-refractivity contribution in [3.8, 4) is 0 Å². The molecule has 3 nitrogen and oxygen atoms in total. The van der Waals surface area contributed by atoms with Crippen molar-refractivity contribution in [1.82, 2.24) is 10.2 Å². The van der Waals surface area contributed by atoms with Crippen LogP contribution in [0, 0.1) is 5.41 Å². The summed E-state index contributed by atoms with van der Waals surface area (Å²) in [6.07, 6.45) is 2.52. The highest BCUT2D eigenvalue weighted by Crippen LogP contribution is 2.32. The Labute approximate surface area is 116 Å². The highest BCUT2D eigenvalue weighted by Gasteiger charge is 2.36. The first-order chi connectivity index (χ1) is 8.63. The van der Waals surface area contributed by atoms with Gasteiger partial charge in [0.05, 0.1) is 6.61 Å². The normalized spacial score (nSPS) is 38.8. The molecule has 2 saturated heterocycles. The summed E-state index contributed by atoms with van der Waals surface area (Å²) in [6, 6.07) is 0. The average molecular weight is 272 g/mol. The molecular formula is C14H28N2OS. The second-order valence-corrected chi connectivity index (χ2v) is 8.02. The third kappa shape index (κ3) is 3.86. The molecule has 1 N–H and O–H groups in total. The van der Waals surface area contributed by atoms with Crippen LogP contribution < -0.4 is 5.32 Å². The third-order valence-corrected chi connectivity index (χ3v) is 5.24. The van der Waals surface area contributed by atoms with E-state index in [0.29, 0.717) is 5.41 Å². The molecule has 3 atom stereocenters. The van der Waals surface area contributed by atoms with Crippen LogP contribution in [0.2, 0.25) is 0 Å². The number of nitrogens with one attached hydrogen (secondary N) is 1. The van der Waals surface area contributed by atoms with Crippen LogP contribution >= 0.6 is 11.8 Å². The molecule has 106 valence electrons. The van der Waals surface area contributed by atoms with Crippen molar-refractivity contribution < 1.29 is 4.74 Å². The van der Waals surface area contributed by atoms with Gasteiger partial charge in [0.2, 0.25) is 0 Å². The fourth-order valence-corrected chi connectivity index (χ4v) is 4.88. The molecule has 18 heavy (non-hydrogen) atoms. The van der Waals surface area contributed by atoms with Crippen LogP contribution in [-0.4, -0.2) is 61.8 Å². The van der Waals surface area contributed by atoms with Gasteiger partial charge in [0.1, 0.15) is 0 Å². The zero-order valence-electron chi connectivity index (χ0n) is 12.1. The number of ether oxygens (including phenoxy) is 1. The van der Waals surface area contributed by atoms with E-state index in [-0.39, 0.29) is 0 Å². The van der Waals surface area contributed by atoms with Crippen LogP contribution in [0.25, 0.3) is 0 Å². The molecular weight excluding hydrogens is 244 g/mol. The number of rotatable bonds is 4.